The summed E-state index contributed by atoms with van der Waals surface area (Å²) in [5.74, 6) is 0.198. The van der Waals surface area contributed by atoms with Crippen LogP contribution in [0.4, 0.5) is 0 Å². The number of rotatable bonds is 6. The zero-order valence-electron chi connectivity index (χ0n) is 14.7. The summed E-state index contributed by atoms with van der Waals surface area (Å²) in [6, 6.07) is 23.0. The molecule has 3 heteroatoms. The maximum atomic E-state index is 12.9. The summed E-state index contributed by atoms with van der Waals surface area (Å²) in [5.41, 5.74) is 4.52. The van der Waals surface area contributed by atoms with Gasteiger partial charge >= 0.3 is 0 Å². The topological polar surface area (TPSA) is 33.2 Å². The molecule has 4 rings (SSSR count). The molecule has 0 radical (unpaired) electrons. The monoisotopic (exact) mass is 342 g/mol. The van der Waals surface area contributed by atoms with E-state index in [0.717, 1.165) is 24.0 Å². The first-order valence-electron chi connectivity index (χ1n) is 9.12. The molecule has 26 heavy (non-hydrogen) atoms. The van der Waals surface area contributed by atoms with Gasteiger partial charge in [0.15, 0.2) is 0 Å². The van der Waals surface area contributed by atoms with Crippen molar-refractivity contribution in [1.29, 1.82) is 0 Å². The number of carbonyl (C=O) groups is 1. The fourth-order valence-electron chi connectivity index (χ4n) is 3.22. The van der Waals surface area contributed by atoms with Crippen LogP contribution in [-0.4, -0.2) is 21.8 Å². The highest BCUT2D eigenvalue weighted by Crippen LogP contribution is 2.29. The number of hydrogen-bond acceptors (Lipinski definition) is 2. The third kappa shape index (κ3) is 3.99. The second-order valence-corrected chi connectivity index (χ2v) is 6.85. The highest BCUT2D eigenvalue weighted by molar-refractivity contribution is 5.79. The van der Waals surface area contributed by atoms with Crippen molar-refractivity contribution >= 4 is 5.91 Å². The van der Waals surface area contributed by atoms with Crippen LogP contribution >= 0.6 is 0 Å². The third-order valence-corrected chi connectivity index (χ3v) is 4.80. The minimum atomic E-state index is 0.198. The van der Waals surface area contributed by atoms with E-state index < -0.39 is 0 Å². The first-order valence-corrected chi connectivity index (χ1v) is 9.12. The van der Waals surface area contributed by atoms with E-state index in [9.17, 15) is 4.79 Å². The van der Waals surface area contributed by atoms with Crippen LogP contribution in [0, 0.1) is 0 Å². The van der Waals surface area contributed by atoms with Gasteiger partial charge in [0, 0.05) is 25.0 Å². The van der Waals surface area contributed by atoms with Gasteiger partial charge in [0.2, 0.25) is 5.91 Å². The fourth-order valence-corrected chi connectivity index (χ4v) is 3.22. The molecule has 1 heterocycles. The number of aromatic nitrogens is 1. The van der Waals surface area contributed by atoms with Crippen molar-refractivity contribution in [2.45, 2.75) is 31.8 Å². The molecule has 0 aliphatic heterocycles. The molecule has 0 spiro atoms. The number of benzene rings is 2. The zero-order chi connectivity index (χ0) is 17.8. The van der Waals surface area contributed by atoms with Crippen LogP contribution in [0.3, 0.4) is 0 Å². The van der Waals surface area contributed by atoms with Crippen LogP contribution in [0.1, 0.15) is 24.0 Å². The van der Waals surface area contributed by atoms with Crippen LogP contribution in [0.15, 0.2) is 79.1 Å². The summed E-state index contributed by atoms with van der Waals surface area (Å²) in [6.45, 7) is 0.652. The first kappa shape index (κ1) is 16.5. The summed E-state index contributed by atoms with van der Waals surface area (Å²) in [5, 5.41) is 0. The van der Waals surface area contributed by atoms with Crippen LogP contribution in [-0.2, 0) is 17.8 Å². The first-order chi connectivity index (χ1) is 12.8. The molecule has 1 amide bonds. The highest BCUT2D eigenvalue weighted by atomic mass is 16.2. The standard InChI is InChI=1S/C23H22N2O/c26-23(25(22-12-13-22)17-19-5-4-14-24-16-19)15-18-8-10-21(11-9-18)20-6-2-1-3-7-20/h1-11,14,16,22H,12-13,15,17H2. The van der Waals surface area contributed by atoms with Gasteiger partial charge in [0.25, 0.3) is 0 Å². The average Bonchev–Trinajstić information content (AvgIpc) is 3.53. The molecule has 130 valence electrons. The molecular formula is C23H22N2O. The lowest BCUT2D eigenvalue weighted by Gasteiger charge is -2.22. The van der Waals surface area contributed by atoms with Crippen molar-refractivity contribution in [3.8, 4) is 11.1 Å². The molecule has 0 bridgehead atoms. The molecule has 3 aromatic rings. The Hall–Kier alpha value is -2.94. The van der Waals surface area contributed by atoms with Crippen molar-refractivity contribution in [1.82, 2.24) is 9.88 Å². The molecule has 1 aliphatic rings. The molecule has 1 saturated carbocycles. The highest BCUT2D eigenvalue weighted by Gasteiger charge is 2.32. The van der Waals surface area contributed by atoms with Crippen LogP contribution < -0.4 is 0 Å². The van der Waals surface area contributed by atoms with E-state index in [4.69, 9.17) is 0 Å². The predicted molar refractivity (Wildman–Crippen MR) is 103 cm³/mol. The molecule has 1 fully saturated rings. The van der Waals surface area contributed by atoms with E-state index in [0.29, 0.717) is 19.0 Å². The molecule has 0 saturated heterocycles. The number of pyridine rings is 1. The quantitative estimate of drug-likeness (QED) is 0.661. The van der Waals surface area contributed by atoms with E-state index in [1.54, 1.807) is 6.20 Å². The van der Waals surface area contributed by atoms with E-state index >= 15 is 0 Å². The summed E-state index contributed by atoms with van der Waals surface area (Å²) in [4.78, 5) is 19.0. The molecule has 1 aromatic heterocycles. The van der Waals surface area contributed by atoms with E-state index in [1.165, 1.54) is 11.1 Å². The SMILES string of the molecule is O=C(Cc1ccc(-c2ccccc2)cc1)N(Cc1cccnc1)C1CC1. The Balaban J connectivity index is 1.44. The number of amides is 1. The Labute approximate surface area is 154 Å². The van der Waals surface area contributed by atoms with Gasteiger partial charge < -0.3 is 4.90 Å². The minimum Gasteiger partial charge on any atom is -0.335 e. The van der Waals surface area contributed by atoms with Gasteiger partial charge in [-0.1, -0.05) is 60.7 Å². The molecule has 0 atom stereocenters. The largest absolute Gasteiger partial charge is 0.335 e. The van der Waals surface area contributed by atoms with E-state index in [-0.39, 0.29) is 5.91 Å². The van der Waals surface area contributed by atoms with Gasteiger partial charge in [-0.3, -0.25) is 9.78 Å². The molecule has 3 nitrogen and oxygen atoms in total. The Bertz CT molecular complexity index is 856. The normalized spacial score (nSPS) is 13.4. The van der Waals surface area contributed by atoms with Crippen molar-refractivity contribution in [2.75, 3.05) is 0 Å². The smallest absolute Gasteiger partial charge is 0.227 e. The van der Waals surface area contributed by atoms with Crippen LogP contribution in [0.5, 0.6) is 0 Å². The Morgan fingerprint density at radius 2 is 1.62 bits per heavy atom. The van der Waals surface area contributed by atoms with Crippen molar-refractivity contribution in [3.05, 3.63) is 90.3 Å². The van der Waals surface area contributed by atoms with Crippen LogP contribution in [0.25, 0.3) is 11.1 Å². The van der Waals surface area contributed by atoms with Crippen molar-refractivity contribution in [2.24, 2.45) is 0 Å². The summed E-state index contributed by atoms with van der Waals surface area (Å²) in [6.07, 6.45) is 6.28. The summed E-state index contributed by atoms with van der Waals surface area (Å²) >= 11 is 0. The fraction of sp³-hybridized carbons (Fsp3) is 0.217. The lowest BCUT2D eigenvalue weighted by Crippen LogP contribution is -2.33. The predicted octanol–water partition coefficient (Wildman–Crippen LogP) is 4.48. The Morgan fingerprint density at radius 1 is 0.885 bits per heavy atom. The number of carbonyl (C=O) groups excluding carboxylic acids is 1. The van der Waals surface area contributed by atoms with Gasteiger partial charge in [0.1, 0.15) is 0 Å². The molecule has 1 aliphatic carbocycles. The lowest BCUT2D eigenvalue weighted by atomic mass is 10.0. The van der Waals surface area contributed by atoms with Gasteiger partial charge in [-0.2, -0.15) is 0 Å². The molecule has 0 unspecified atom stereocenters. The van der Waals surface area contributed by atoms with Crippen molar-refractivity contribution < 1.29 is 4.79 Å². The molecular weight excluding hydrogens is 320 g/mol. The minimum absolute atomic E-state index is 0.198. The van der Waals surface area contributed by atoms with Gasteiger partial charge in [-0.15, -0.1) is 0 Å². The average molecular weight is 342 g/mol. The Morgan fingerprint density at radius 3 is 2.27 bits per heavy atom. The summed E-state index contributed by atoms with van der Waals surface area (Å²) in [7, 11) is 0. The van der Waals surface area contributed by atoms with E-state index in [2.05, 4.69) is 41.4 Å². The molecule has 2 aromatic carbocycles. The lowest BCUT2D eigenvalue weighted by molar-refractivity contribution is -0.131. The molecule has 0 N–H and O–H groups in total. The number of hydrogen-bond donors (Lipinski definition) is 0. The van der Waals surface area contributed by atoms with Gasteiger partial charge in [0.05, 0.1) is 6.42 Å². The summed E-state index contributed by atoms with van der Waals surface area (Å²) < 4.78 is 0. The van der Waals surface area contributed by atoms with Crippen molar-refractivity contribution in [3.63, 3.8) is 0 Å². The van der Waals surface area contributed by atoms with E-state index in [1.807, 2.05) is 41.4 Å². The second kappa shape index (κ2) is 7.52. The Kier molecular flexibility index (Phi) is 4.78. The van der Waals surface area contributed by atoms with Crippen LogP contribution in [0.2, 0.25) is 0 Å². The van der Waals surface area contributed by atoms with Gasteiger partial charge in [-0.25, -0.2) is 0 Å². The maximum Gasteiger partial charge on any atom is 0.227 e. The third-order valence-electron chi connectivity index (χ3n) is 4.80. The number of nitrogens with zero attached hydrogens (tertiary/aromatic N) is 2. The second-order valence-electron chi connectivity index (χ2n) is 6.85. The maximum absolute atomic E-state index is 12.9. The zero-order valence-corrected chi connectivity index (χ0v) is 14.7. The van der Waals surface area contributed by atoms with Gasteiger partial charge in [-0.05, 0) is 41.2 Å².